The van der Waals surface area contributed by atoms with E-state index in [2.05, 4.69) is 41.2 Å². The second-order valence-electron chi connectivity index (χ2n) is 5.93. The van der Waals surface area contributed by atoms with Crippen LogP contribution in [0.1, 0.15) is 34.8 Å². The Kier molecular flexibility index (Phi) is 6.58. The number of amides is 1. The van der Waals surface area contributed by atoms with E-state index in [4.69, 9.17) is 0 Å². The fourth-order valence-electron chi connectivity index (χ4n) is 2.29. The second kappa shape index (κ2) is 8.67. The van der Waals surface area contributed by atoms with E-state index in [1.54, 1.807) is 31.2 Å². The van der Waals surface area contributed by atoms with Crippen LogP contribution in [0.5, 0.6) is 0 Å². The molecule has 6 heteroatoms. The molecule has 0 bridgehead atoms. The van der Waals surface area contributed by atoms with Gasteiger partial charge < -0.3 is 5.32 Å². The van der Waals surface area contributed by atoms with E-state index >= 15 is 0 Å². The number of sulfonamides is 1. The van der Waals surface area contributed by atoms with E-state index < -0.39 is 10.0 Å². The van der Waals surface area contributed by atoms with Crippen LogP contribution in [0.15, 0.2) is 48.5 Å². The first-order valence-corrected chi connectivity index (χ1v) is 9.99. The van der Waals surface area contributed by atoms with E-state index in [-0.39, 0.29) is 11.7 Å². The Bertz CT molecular complexity index is 798. The minimum absolute atomic E-state index is 0.0101. The average Bonchev–Trinajstić information content (AvgIpc) is 2.60. The van der Waals surface area contributed by atoms with E-state index in [1.807, 2.05) is 0 Å². The van der Waals surface area contributed by atoms with Gasteiger partial charge in [0.2, 0.25) is 10.0 Å². The lowest BCUT2D eigenvalue weighted by atomic mass is 10.1. The van der Waals surface area contributed by atoms with Crippen molar-refractivity contribution in [3.63, 3.8) is 0 Å². The highest BCUT2D eigenvalue weighted by molar-refractivity contribution is 7.92. The van der Waals surface area contributed by atoms with Gasteiger partial charge >= 0.3 is 0 Å². The summed E-state index contributed by atoms with van der Waals surface area (Å²) in [6.45, 7) is 4.22. The Hall–Kier alpha value is -2.34. The maximum absolute atomic E-state index is 12.1. The van der Waals surface area contributed by atoms with Gasteiger partial charge in [0.25, 0.3) is 5.91 Å². The summed E-state index contributed by atoms with van der Waals surface area (Å²) < 4.78 is 25.5. The standard InChI is InChI=1S/C19H24N2O3S/c1-3-25(23,24)21-18-12-10-17(11-13-18)19(22)20-14-4-5-16-8-6-15(2)7-9-16/h6-13,21H,3-5,14H2,1-2H3,(H,20,22). The smallest absolute Gasteiger partial charge is 0.251 e. The first kappa shape index (κ1) is 19.0. The van der Waals surface area contributed by atoms with E-state index in [0.717, 1.165) is 12.8 Å². The molecule has 0 aromatic heterocycles. The third-order valence-electron chi connectivity index (χ3n) is 3.85. The van der Waals surface area contributed by atoms with Crippen molar-refractivity contribution in [2.75, 3.05) is 17.0 Å². The van der Waals surface area contributed by atoms with Crippen LogP contribution in [-0.2, 0) is 16.4 Å². The second-order valence-corrected chi connectivity index (χ2v) is 7.94. The van der Waals surface area contributed by atoms with Crippen molar-refractivity contribution in [2.24, 2.45) is 0 Å². The Morgan fingerprint density at radius 1 is 1.00 bits per heavy atom. The van der Waals surface area contributed by atoms with E-state index in [1.165, 1.54) is 11.1 Å². The molecule has 0 saturated carbocycles. The number of benzene rings is 2. The molecule has 0 aliphatic heterocycles. The topological polar surface area (TPSA) is 75.3 Å². The maximum Gasteiger partial charge on any atom is 0.251 e. The van der Waals surface area contributed by atoms with Crippen molar-refractivity contribution in [1.29, 1.82) is 0 Å². The van der Waals surface area contributed by atoms with Crippen LogP contribution in [0.25, 0.3) is 0 Å². The quantitative estimate of drug-likeness (QED) is 0.710. The Balaban J connectivity index is 1.79. The van der Waals surface area contributed by atoms with Crippen molar-refractivity contribution in [3.8, 4) is 0 Å². The summed E-state index contributed by atoms with van der Waals surface area (Å²) in [5.41, 5.74) is 3.46. The molecular weight excluding hydrogens is 336 g/mol. The molecule has 0 atom stereocenters. The highest BCUT2D eigenvalue weighted by Crippen LogP contribution is 2.11. The van der Waals surface area contributed by atoms with Crippen LogP contribution >= 0.6 is 0 Å². The van der Waals surface area contributed by atoms with Crippen LogP contribution < -0.4 is 10.0 Å². The van der Waals surface area contributed by atoms with Gasteiger partial charge in [-0.3, -0.25) is 9.52 Å². The predicted molar refractivity (Wildman–Crippen MR) is 101 cm³/mol. The molecule has 25 heavy (non-hydrogen) atoms. The monoisotopic (exact) mass is 360 g/mol. The van der Waals surface area contributed by atoms with Gasteiger partial charge in [-0.25, -0.2) is 8.42 Å². The summed E-state index contributed by atoms with van der Waals surface area (Å²) in [7, 11) is -3.30. The fraction of sp³-hybridized carbons (Fsp3) is 0.316. The van der Waals surface area contributed by atoms with Gasteiger partial charge in [-0.05, 0) is 56.5 Å². The normalized spacial score (nSPS) is 11.1. The van der Waals surface area contributed by atoms with Crippen LogP contribution in [0, 0.1) is 6.92 Å². The zero-order valence-corrected chi connectivity index (χ0v) is 15.4. The minimum Gasteiger partial charge on any atom is -0.352 e. The van der Waals surface area contributed by atoms with Gasteiger partial charge in [-0.1, -0.05) is 29.8 Å². The molecule has 5 nitrogen and oxygen atoms in total. The summed E-state index contributed by atoms with van der Waals surface area (Å²) >= 11 is 0. The molecule has 134 valence electrons. The fourth-order valence-corrected chi connectivity index (χ4v) is 2.93. The summed E-state index contributed by atoms with van der Waals surface area (Å²) in [5.74, 6) is -0.148. The Morgan fingerprint density at radius 2 is 1.64 bits per heavy atom. The average molecular weight is 360 g/mol. The zero-order valence-electron chi connectivity index (χ0n) is 14.6. The molecule has 1 amide bonds. The zero-order chi connectivity index (χ0) is 18.3. The lowest BCUT2D eigenvalue weighted by molar-refractivity contribution is 0.0953. The van der Waals surface area contributed by atoms with Gasteiger partial charge in [0.05, 0.1) is 5.75 Å². The highest BCUT2D eigenvalue weighted by atomic mass is 32.2. The predicted octanol–water partition coefficient (Wildman–Crippen LogP) is 3.12. The number of rotatable bonds is 8. The minimum atomic E-state index is -3.30. The highest BCUT2D eigenvalue weighted by Gasteiger charge is 2.08. The molecule has 2 rings (SSSR count). The lowest BCUT2D eigenvalue weighted by Crippen LogP contribution is -2.24. The molecule has 0 fully saturated rings. The van der Waals surface area contributed by atoms with Crippen LogP contribution in [0.3, 0.4) is 0 Å². The molecule has 0 aliphatic rings. The van der Waals surface area contributed by atoms with Gasteiger partial charge in [0.1, 0.15) is 0 Å². The number of carbonyl (C=O) groups excluding carboxylic acids is 1. The third kappa shape index (κ3) is 6.23. The van der Waals surface area contributed by atoms with Crippen LogP contribution in [-0.4, -0.2) is 26.6 Å². The SMILES string of the molecule is CCS(=O)(=O)Nc1ccc(C(=O)NCCCc2ccc(C)cc2)cc1. The molecule has 2 N–H and O–H groups in total. The van der Waals surface area contributed by atoms with Gasteiger partial charge in [0.15, 0.2) is 0 Å². The molecule has 0 aliphatic carbocycles. The molecule has 0 radical (unpaired) electrons. The molecule has 0 heterocycles. The van der Waals surface area contributed by atoms with Gasteiger partial charge in [-0.2, -0.15) is 0 Å². The molecule has 2 aromatic carbocycles. The Labute approximate surface area is 149 Å². The molecule has 0 saturated heterocycles. The number of carbonyl (C=O) groups is 1. The Morgan fingerprint density at radius 3 is 2.24 bits per heavy atom. The van der Waals surface area contributed by atoms with Crippen molar-refractivity contribution in [1.82, 2.24) is 5.32 Å². The number of aryl methyl sites for hydroxylation is 2. The summed E-state index contributed by atoms with van der Waals surface area (Å²) in [5, 5.41) is 2.88. The van der Waals surface area contributed by atoms with Gasteiger partial charge in [0, 0.05) is 17.8 Å². The summed E-state index contributed by atoms with van der Waals surface area (Å²) in [6.07, 6.45) is 1.78. The number of anilines is 1. The van der Waals surface area contributed by atoms with Crippen LogP contribution in [0.2, 0.25) is 0 Å². The summed E-state index contributed by atoms with van der Waals surface area (Å²) in [4.78, 5) is 12.1. The van der Waals surface area contributed by atoms with Crippen molar-refractivity contribution in [3.05, 3.63) is 65.2 Å². The molecular formula is C19H24N2O3S. The number of nitrogens with one attached hydrogen (secondary N) is 2. The molecule has 0 spiro atoms. The van der Waals surface area contributed by atoms with Crippen molar-refractivity contribution in [2.45, 2.75) is 26.7 Å². The van der Waals surface area contributed by atoms with Crippen LogP contribution in [0.4, 0.5) is 5.69 Å². The van der Waals surface area contributed by atoms with E-state index in [9.17, 15) is 13.2 Å². The largest absolute Gasteiger partial charge is 0.352 e. The first-order valence-electron chi connectivity index (χ1n) is 8.34. The van der Waals surface area contributed by atoms with E-state index in [0.29, 0.717) is 17.8 Å². The molecule has 0 unspecified atom stereocenters. The third-order valence-corrected chi connectivity index (χ3v) is 5.16. The van der Waals surface area contributed by atoms with Crippen molar-refractivity contribution < 1.29 is 13.2 Å². The number of hydrogen-bond acceptors (Lipinski definition) is 3. The first-order chi connectivity index (χ1) is 11.9. The maximum atomic E-state index is 12.1. The van der Waals surface area contributed by atoms with Gasteiger partial charge in [-0.15, -0.1) is 0 Å². The lowest BCUT2D eigenvalue weighted by Gasteiger charge is -2.08. The molecule has 2 aromatic rings. The number of hydrogen-bond donors (Lipinski definition) is 2. The summed E-state index contributed by atoms with van der Waals surface area (Å²) in [6, 6.07) is 14.8. The van der Waals surface area contributed by atoms with Crippen molar-refractivity contribution >= 4 is 21.6 Å².